The van der Waals surface area contributed by atoms with Crippen LogP contribution in [-0.2, 0) is 40.2 Å². The van der Waals surface area contributed by atoms with Gasteiger partial charge >= 0.3 is 17.1 Å². The fourth-order valence-electron chi connectivity index (χ4n) is 5.21. The lowest BCUT2D eigenvalue weighted by molar-refractivity contribution is 0.439. The van der Waals surface area contributed by atoms with Gasteiger partial charge in [0.2, 0.25) is 9.05 Å². The highest BCUT2D eigenvalue weighted by atomic mass is 79.9. The molecule has 0 aliphatic rings. The normalized spacial score (nSPS) is 10.8. The van der Waals surface area contributed by atoms with E-state index in [1.165, 1.54) is 69.8 Å². The maximum atomic E-state index is 14.0. The molecule has 0 fully saturated rings. The first-order chi connectivity index (χ1) is 32.4. The quantitative estimate of drug-likeness (QED) is 0.0545. The van der Waals surface area contributed by atoms with Crippen molar-refractivity contribution < 1.29 is 43.9 Å². The van der Waals surface area contributed by atoms with Gasteiger partial charge in [-0.05, 0) is 76.6 Å². The second-order valence-corrected chi connectivity index (χ2v) is 19.5. The molecule has 0 bridgehead atoms. The van der Waals surface area contributed by atoms with Crippen molar-refractivity contribution in [3.63, 3.8) is 0 Å². The lowest BCUT2D eigenvalue weighted by atomic mass is 10.1. The molecule has 7 aromatic rings. The molecule has 0 saturated heterocycles. The van der Waals surface area contributed by atoms with Crippen molar-refractivity contribution in [2.24, 2.45) is 21.1 Å². The number of hydrogen-bond acceptors (Lipinski definition) is 13. The molecule has 0 aliphatic carbocycles. The van der Waals surface area contributed by atoms with Gasteiger partial charge in [-0.3, -0.25) is 4.72 Å². The van der Waals surface area contributed by atoms with E-state index in [-0.39, 0.29) is 40.3 Å². The number of benzene rings is 4. The molecule has 3 aromatic heterocycles. The largest absolute Gasteiger partial charge is 0.454 e. The summed E-state index contributed by atoms with van der Waals surface area (Å²) in [5, 5.41) is 0.749. The molecule has 26 heteroatoms. The van der Waals surface area contributed by atoms with Gasteiger partial charge in [-0.2, -0.15) is 0 Å². The van der Waals surface area contributed by atoms with Crippen LogP contribution in [0.1, 0.15) is 0 Å². The Kier molecular flexibility index (Phi) is 19.4. The maximum absolute atomic E-state index is 14.0. The van der Waals surface area contributed by atoms with Crippen LogP contribution in [0, 0.1) is 23.3 Å². The number of nitrogens with one attached hydrogen (secondary N) is 1. The minimum absolute atomic E-state index is 0.0613. The third-order valence-corrected chi connectivity index (χ3v) is 11.4. The summed E-state index contributed by atoms with van der Waals surface area (Å²) in [4.78, 5) is 44.6. The second-order valence-electron chi connectivity index (χ2n) is 13.7. The van der Waals surface area contributed by atoms with E-state index in [0.29, 0.717) is 39.8 Å². The second kappa shape index (κ2) is 24.4. The van der Waals surface area contributed by atoms with Crippen molar-refractivity contribution in [3.05, 3.63) is 181 Å². The van der Waals surface area contributed by atoms with Gasteiger partial charge in [0, 0.05) is 126 Å². The number of nitrogen functional groups attached to an aromatic ring is 1. The van der Waals surface area contributed by atoms with E-state index in [1.54, 1.807) is 44.7 Å². The van der Waals surface area contributed by atoms with E-state index >= 15 is 0 Å². The first-order valence-corrected chi connectivity index (χ1v) is 24.4. The number of alkyl halides is 1. The maximum Gasteiger partial charge on any atom is 0.347 e. The standard InChI is InChI=1S/C19H15F2N3O4S.C17H13F2N3O2.C5H5BrN2O.C2H4Cl2O2S/c1-3-29(26,27)23-14-5-7-17(28-18-6-4-13(20)8-16(18)21)15(9-14)12-10-22-19(25)24(2)11-12;1-22-9-10(8-21-17(22)23)13-7-12(20)3-5-15(13)24-16-4-2-11(18)6-14(16)19;1-8-3-4(6)2-7-5(8)9;3-1-2-7(4,5)6/h3-11,23H,1H2,2H3;2-9H,20H2,1H3;2-3H,1H3;1-2H2. The predicted octanol–water partition coefficient (Wildman–Crippen LogP) is 7.84. The molecule has 0 amide bonds. The van der Waals surface area contributed by atoms with Gasteiger partial charge in [-0.25, -0.2) is 63.7 Å². The van der Waals surface area contributed by atoms with E-state index in [1.807, 2.05) is 0 Å². The minimum Gasteiger partial charge on any atom is -0.454 e. The molecule has 4 aromatic carbocycles. The topological polar surface area (TPSA) is 229 Å². The van der Waals surface area contributed by atoms with Gasteiger partial charge < -0.3 is 28.9 Å². The Morgan fingerprint density at radius 3 is 1.51 bits per heavy atom. The molecular formula is C43H37BrCl2F4N8O9S2. The zero-order valence-electron chi connectivity index (χ0n) is 36.0. The van der Waals surface area contributed by atoms with Crippen LogP contribution < -0.4 is 37.0 Å². The Labute approximate surface area is 408 Å². The van der Waals surface area contributed by atoms with Gasteiger partial charge in [0.25, 0.3) is 10.0 Å². The smallest absolute Gasteiger partial charge is 0.347 e. The zero-order chi connectivity index (χ0) is 51.2. The third kappa shape index (κ3) is 17.0. The number of nitrogens with zero attached hydrogens (tertiary/aromatic N) is 6. The molecule has 7 rings (SSSR count). The Morgan fingerprint density at radius 1 is 0.681 bits per heavy atom. The molecule has 0 saturated carbocycles. The summed E-state index contributed by atoms with van der Waals surface area (Å²) in [6, 6.07) is 14.9. The number of aromatic nitrogens is 6. The highest BCUT2D eigenvalue weighted by Crippen LogP contribution is 2.37. The van der Waals surface area contributed by atoms with Crippen molar-refractivity contribution in [2.45, 2.75) is 0 Å². The van der Waals surface area contributed by atoms with Crippen LogP contribution in [0.15, 0.2) is 141 Å². The number of ether oxygens (including phenoxy) is 2. The third-order valence-electron chi connectivity index (χ3n) is 8.45. The fraction of sp³-hybridized carbons (Fsp3) is 0.116. The van der Waals surface area contributed by atoms with Crippen molar-refractivity contribution in [1.29, 1.82) is 0 Å². The van der Waals surface area contributed by atoms with E-state index < -0.39 is 53.7 Å². The summed E-state index contributed by atoms with van der Waals surface area (Å²) >= 11 is 8.20. The van der Waals surface area contributed by atoms with Gasteiger partial charge in [0.05, 0.1) is 10.2 Å². The summed E-state index contributed by atoms with van der Waals surface area (Å²) in [5.74, 6) is -3.20. The fourth-order valence-corrected chi connectivity index (χ4v) is 7.42. The molecule has 69 heavy (non-hydrogen) atoms. The Bertz CT molecular complexity index is 3410. The van der Waals surface area contributed by atoms with E-state index in [4.69, 9.17) is 37.5 Å². The lowest BCUT2D eigenvalue weighted by Crippen LogP contribution is -2.18. The SMILES string of the molecule is C=CS(=O)(=O)Nc1ccc(Oc2ccc(F)cc2F)c(-c2cnc(=O)n(C)c2)c1.Cn1cc(-c2cc(N)ccc2Oc2ccc(F)cc2F)cnc1=O.Cn1cc(Br)cnc1=O.O=S(=O)(Cl)CCCl. The number of anilines is 2. The van der Waals surface area contributed by atoms with Crippen molar-refractivity contribution in [2.75, 3.05) is 22.1 Å². The summed E-state index contributed by atoms with van der Waals surface area (Å²) < 4.78 is 116. The monoisotopic (exact) mass is 1100 g/mol. The molecule has 3 N–H and O–H groups in total. The van der Waals surface area contributed by atoms with Crippen molar-refractivity contribution in [1.82, 2.24) is 28.7 Å². The summed E-state index contributed by atoms with van der Waals surface area (Å²) in [6.07, 6.45) is 8.82. The van der Waals surface area contributed by atoms with Crippen LogP contribution in [0.4, 0.5) is 28.9 Å². The number of sulfonamides is 1. The molecule has 0 spiro atoms. The Balaban J connectivity index is 0.000000230. The molecule has 0 aliphatic heterocycles. The molecule has 364 valence electrons. The average molecular weight is 1100 g/mol. The minimum atomic E-state index is -3.77. The van der Waals surface area contributed by atoms with Crippen LogP contribution in [0.25, 0.3) is 22.3 Å². The van der Waals surface area contributed by atoms with Crippen LogP contribution in [-0.4, -0.2) is 57.1 Å². The predicted molar refractivity (Wildman–Crippen MR) is 257 cm³/mol. The number of halogens is 7. The van der Waals surface area contributed by atoms with Gasteiger partial charge in [0.15, 0.2) is 23.1 Å². The first kappa shape index (κ1) is 54.7. The lowest BCUT2D eigenvalue weighted by Gasteiger charge is -2.14. The molecule has 17 nitrogen and oxygen atoms in total. The molecule has 0 radical (unpaired) electrons. The number of hydrogen-bond donors (Lipinski definition) is 2. The number of aryl methyl sites for hydroxylation is 3. The highest BCUT2D eigenvalue weighted by Gasteiger charge is 2.16. The van der Waals surface area contributed by atoms with Gasteiger partial charge in [0.1, 0.15) is 23.1 Å². The van der Waals surface area contributed by atoms with Crippen LogP contribution >= 0.6 is 38.2 Å². The molecule has 0 atom stereocenters. The Hall–Kier alpha value is -6.86. The van der Waals surface area contributed by atoms with Gasteiger partial charge in [-0.1, -0.05) is 6.58 Å². The first-order valence-electron chi connectivity index (χ1n) is 19.1. The molecular weight excluding hydrogens is 1060 g/mol. The Morgan fingerprint density at radius 2 is 1.12 bits per heavy atom. The van der Waals surface area contributed by atoms with Crippen LogP contribution in [0.5, 0.6) is 23.0 Å². The highest BCUT2D eigenvalue weighted by molar-refractivity contribution is 9.10. The zero-order valence-corrected chi connectivity index (χ0v) is 40.7. The van der Waals surface area contributed by atoms with Gasteiger partial charge in [-0.15, -0.1) is 11.6 Å². The van der Waals surface area contributed by atoms with Crippen molar-refractivity contribution in [3.8, 4) is 45.3 Å². The van der Waals surface area contributed by atoms with Crippen molar-refractivity contribution >= 4 is 68.7 Å². The van der Waals surface area contributed by atoms with E-state index in [2.05, 4.69) is 42.2 Å². The van der Waals surface area contributed by atoms with Crippen LogP contribution in [0.3, 0.4) is 0 Å². The van der Waals surface area contributed by atoms with E-state index in [0.717, 1.165) is 34.1 Å². The molecule has 0 unspecified atom stereocenters. The molecule has 3 heterocycles. The average Bonchev–Trinajstić information content (AvgIpc) is 3.27. The summed E-state index contributed by atoms with van der Waals surface area (Å²) in [6.45, 7) is 3.23. The summed E-state index contributed by atoms with van der Waals surface area (Å²) in [7, 11) is 2.32. The summed E-state index contributed by atoms with van der Waals surface area (Å²) in [5.41, 5.74) is 7.14. The van der Waals surface area contributed by atoms with Crippen LogP contribution in [0.2, 0.25) is 0 Å². The number of nitrogens with two attached hydrogens (primary N) is 1. The van der Waals surface area contributed by atoms with E-state index in [9.17, 15) is 48.8 Å². The number of rotatable bonds is 11.